The number of aliphatic hydroxyl groups is 1. The number of nitrogens with two attached hydrogens (primary N) is 1. The Balaban J connectivity index is 1.72. The summed E-state index contributed by atoms with van der Waals surface area (Å²) in [6.45, 7) is 4.08. The second-order valence-corrected chi connectivity index (χ2v) is 5.68. The zero-order valence-electron chi connectivity index (χ0n) is 11.7. The van der Waals surface area contributed by atoms with Gasteiger partial charge in [0.1, 0.15) is 5.75 Å². The third-order valence-electron chi connectivity index (χ3n) is 4.17. The minimum absolute atomic E-state index is 0.308. The van der Waals surface area contributed by atoms with Gasteiger partial charge in [-0.3, -0.25) is 4.90 Å². The van der Waals surface area contributed by atoms with E-state index < -0.39 is 0 Å². The molecule has 2 aliphatic heterocycles. The van der Waals surface area contributed by atoms with E-state index in [0.717, 1.165) is 55.0 Å². The first-order valence-electron chi connectivity index (χ1n) is 7.21. The molecule has 0 bridgehead atoms. The number of fused-ring (bicyclic) bond motifs is 1. The van der Waals surface area contributed by atoms with Crippen LogP contribution in [0.15, 0.2) is 12.1 Å². The molecule has 2 aliphatic rings. The van der Waals surface area contributed by atoms with Crippen LogP contribution < -0.4 is 10.5 Å². The molecule has 1 saturated heterocycles. The molecule has 3 rings (SSSR count). The Morgan fingerprint density at radius 2 is 2.10 bits per heavy atom. The highest BCUT2D eigenvalue weighted by Gasteiger charge is 2.22. The first-order valence-corrected chi connectivity index (χ1v) is 7.21. The second-order valence-electron chi connectivity index (χ2n) is 5.68. The average molecular weight is 278 g/mol. The van der Waals surface area contributed by atoms with Gasteiger partial charge in [-0.25, -0.2) is 0 Å². The Morgan fingerprint density at radius 3 is 2.85 bits per heavy atom. The summed E-state index contributed by atoms with van der Waals surface area (Å²) in [5.74, 6) is 1.40. The van der Waals surface area contributed by atoms with Crippen LogP contribution in [0, 0.1) is 5.92 Å². The molecule has 0 saturated carbocycles. The molecule has 110 valence electrons. The highest BCUT2D eigenvalue weighted by atomic mass is 16.7. The molecule has 2 heterocycles. The molecule has 5 nitrogen and oxygen atoms in total. The van der Waals surface area contributed by atoms with Crippen molar-refractivity contribution in [1.82, 2.24) is 4.90 Å². The number of rotatable bonds is 3. The van der Waals surface area contributed by atoms with Crippen molar-refractivity contribution in [3.8, 4) is 5.75 Å². The van der Waals surface area contributed by atoms with E-state index in [1.807, 2.05) is 12.1 Å². The molecular formula is C15H22N2O3. The molecule has 1 fully saturated rings. The Hall–Kier alpha value is -1.30. The molecule has 1 aromatic rings. The van der Waals surface area contributed by atoms with Crippen molar-refractivity contribution in [3.05, 3.63) is 23.3 Å². The Bertz CT molecular complexity index is 470. The van der Waals surface area contributed by atoms with E-state index in [1.165, 1.54) is 0 Å². The van der Waals surface area contributed by atoms with Gasteiger partial charge in [-0.05, 0) is 44.0 Å². The number of nitrogens with zero attached hydrogens (tertiary/aromatic N) is 1. The van der Waals surface area contributed by atoms with E-state index in [0.29, 0.717) is 25.9 Å². The van der Waals surface area contributed by atoms with Crippen LogP contribution in [0.1, 0.15) is 24.0 Å². The molecule has 1 aromatic carbocycles. The summed E-state index contributed by atoms with van der Waals surface area (Å²) in [7, 11) is 0. The summed E-state index contributed by atoms with van der Waals surface area (Å²) in [6.07, 6.45) is 2.12. The summed E-state index contributed by atoms with van der Waals surface area (Å²) in [6, 6.07) is 3.93. The standard InChI is InChI=1S/C15H22N2O3/c16-14-5-12(15-13(6-14)9-19-10-20-15)7-17-3-1-11(8-18)2-4-17/h5-6,11,18H,1-4,7-10,16H2. The van der Waals surface area contributed by atoms with Gasteiger partial charge in [0, 0.05) is 30.0 Å². The fraction of sp³-hybridized carbons (Fsp3) is 0.600. The summed E-state index contributed by atoms with van der Waals surface area (Å²) in [5.41, 5.74) is 8.91. The molecule has 0 amide bonds. The first kappa shape index (κ1) is 13.7. The van der Waals surface area contributed by atoms with Crippen LogP contribution in [0.3, 0.4) is 0 Å². The highest BCUT2D eigenvalue weighted by molar-refractivity contribution is 5.53. The largest absolute Gasteiger partial charge is 0.467 e. The smallest absolute Gasteiger partial charge is 0.189 e. The summed E-state index contributed by atoms with van der Waals surface area (Å²) >= 11 is 0. The lowest BCUT2D eigenvalue weighted by atomic mass is 9.97. The Kier molecular flexibility index (Phi) is 4.10. The van der Waals surface area contributed by atoms with Crippen LogP contribution in [0.5, 0.6) is 5.75 Å². The van der Waals surface area contributed by atoms with E-state index >= 15 is 0 Å². The maximum Gasteiger partial charge on any atom is 0.189 e. The van der Waals surface area contributed by atoms with Gasteiger partial charge in [0.15, 0.2) is 6.79 Å². The van der Waals surface area contributed by atoms with Crippen LogP contribution in [-0.2, 0) is 17.9 Å². The third-order valence-corrected chi connectivity index (χ3v) is 4.17. The van der Waals surface area contributed by atoms with Gasteiger partial charge in [0.2, 0.25) is 0 Å². The molecule has 0 aliphatic carbocycles. The molecule has 5 heteroatoms. The van der Waals surface area contributed by atoms with Crippen molar-refractivity contribution in [2.45, 2.75) is 26.0 Å². The predicted molar refractivity (Wildman–Crippen MR) is 76.2 cm³/mol. The van der Waals surface area contributed by atoms with Crippen molar-refractivity contribution >= 4 is 5.69 Å². The number of likely N-dealkylation sites (tertiary alicyclic amines) is 1. The fourth-order valence-electron chi connectivity index (χ4n) is 3.01. The first-order chi connectivity index (χ1) is 9.76. The van der Waals surface area contributed by atoms with E-state index in [4.69, 9.17) is 15.2 Å². The lowest BCUT2D eigenvalue weighted by molar-refractivity contribution is -0.0175. The lowest BCUT2D eigenvalue weighted by Crippen LogP contribution is -2.34. The van der Waals surface area contributed by atoms with E-state index in [2.05, 4.69) is 4.90 Å². The van der Waals surface area contributed by atoms with Gasteiger partial charge in [0.25, 0.3) is 0 Å². The van der Waals surface area contributed by atoms with Gasteiger partial charge in [-0.1, -0.05) is 0 Å². The van der Waals surface area contributed by atoms with Gasteiger partial charge in [-0.2, -0.15) is 0 Å². The topological polar surface area (TPSA) is 68.0 Å². The van der Waals surface area contributed by atoms with Crippen molar-refractivity contribution in [2.75, 3.05) is 32.2 Å². The van der Waals surface area contributed by atoms with Gasteiger partial charge < -0.3 is 20.3 Å². The molecule has 3 N–H and O–H groups in total. The van der Waals surface area contributed by atoms with Crippen molar-refractivity contribution in [3.63, 3.8) is 0 Å². The van der Waals surface area contributed by atoms with E-state index in [-0.39, 0.29) is 0 Å². The molecule has 0 radical (unpaired) electrons. The number of ether oxygens (including phenoxy) is 2. The molecule has 0 atom stereocenters. The summed E-state index contributed by atoms with van der Waals surface area (Å²) < 4.78 is 11.0. The minimum Gasteiger partial charge on any atom is -0.467 e. The van der Waals surface area contributed by atoms with Gasteiger partial charge in [0.05, 0.1) is 6.61 Å². The SMILES string of the molecule is Nc1cc2c(c(CN3CCC(CO)CC3)c1)OCOC2. The number of anilines is 1. The maximum atomic E-state index is 9.19. The quantitative estimate of drug-likeness (QED) is 0.817. The van der Waals surface area contributed by atoms with Crippen LogP contribution in [0.2, 0.25) is 0 Å². The average Bonchev–Trinajstić information content (AvgIpc) is 2.48. The molecule has 0 aromatic heterocycles. The van der Waals surface area contributed by atoms with Crippen LogP contribution in [-0.4, -0.2) is 36.5 Å². The van der Waals surface area contributed by atoms with Crippen LogP contribution in [0.25, 0.3) is 0 Å². The minimum atomic E-state index is 0.308. The normalized spacial score (nSPS) is 20.4. The number of nitrogen functional groups attached to an aromatic ring is 1. The van der Waals surface area contributed by atoms with Gasteiger partial charge in [-0.15, -0.1) is 0 Å². The molecule has 0 unspecified atom stereocenters. The number of hydrogen-bond acceptors (Lipinski definition) is 5. The van der Waals surface area contributed by atoms with Gasteiger partial charge >= 0.3 is 0 Å². The predicted octanol–water partition coefficient (Wildman–Crippen LogP) is 1.34. The lowest BCUT2D eigenvalue weighted by Gasteiger charge is -2.32. The summed E-state index contributed by atoms with van der Waals surface area (Å²) in [4.78, 5) is 2.40. The van der Waals surface area contributed by atoms with Crippen molar-refractivity contribution < 1.29 is 14.6 Å². The highest BCUT2D eigenvalue weighted by Crippen LogP contribution is 2.32. The molecule has 0 spiro atoms. The second kappa shape index (κ2) is 5.99. The number of benzene rings is 1. The van der Waals surface area contributed by atoms with Crippen LogP contribution >= 0.6 is 0 Å². The zero-order chi connectivity index (χ0) is 13.9. The summed E-state index contributed by atoms with van der Waals surface area (Å²) in [5, 5.41) is 9.19. The van der Waals surface area contributed by atoms with Crippen LogP contribution in [0.4, 0.5) is 5.69 Å². The molecule has 20 heavy (non-hydrogen) atoms. The van der Waals surface area contributed by atoms with Crippen molar-refractivity contribution in [1.29, 1.82) is 0 Å². The number of piperidine rings is 1. The monoisotopic (exact) mass is 278 g/mol. The zero-order valence-corrected chi connectivity index (χ0v) is 11.7. The fourth-order valence-corrected chi connectivity index (χ4v) is 3.01. The Morgan fingerprint density at radius 1 is 1.30 bits per heavy atom. The van der Waals surface area contributed by atoms with Crippen molar-refractivity contribution in [2.24, 2.45) is 5.92 Å². The molecular weight excluding hydrogens is 256 g/mol. The third kappa shape index (κ3) is 2.90. The van der Waals surface area contributed by atoms with E-state index in [1.54, 1.807) is 0 Å². The van der Waals surface area contributed by atoms with E-state index in [9.17, 15) is 5.11 Å². The Labute approximate surface area is 119 Å². The number of hydrogen-bond donors (Lipinski definition) is 2. The maximum absolute atomic E-state index is 9.19. The number of aliphatic hydroxyl groups excluding tert-OH is 1.